The molecule has 0 bridgehead atoms. The van der Waals surface area contributed by atoms with Crippen molar-refractivity contribution in [3.63, 3.8) is 0 Å². The van der Waals surface area contributed by atoms with Crippen molar-refractivity contribution in [3.05, 3.63) is 89.5 Å². The summed E-state index contributed by atoms with van der Waals surface area (Å²) >= 11 is 0. The van der Waals surface area contributed by atoms with Gasteiger partial charge in [0.1, 0.15) is 47.5 Å². The third-order valence-corrected chi connectivity index (χ3v) is 11.1. The van der Waals surface area contributed by atoms with Crippen LogP contribution in [0.25, 0.3) is 0 Å². The Morgan fingerprint density at radius 2 is 0.826 bits per heavy atom. The Morgan fingerprint density at radius 1 is 0.507 bits per heavy atom. The lowest BCUT2D eigenvalue weighted by Crippen LogP contribution is -2.60. The second kappa shape index (κ2) is 25.4. The van der Waals surface area contributed by atoms with Crippen molar-refractivity contribution in [1.82, 2.24) is 26.6 Å². The molecule has 0 aromatic heterocycles. The van der Waals surface area contributed by atoms with Crippen LogP contribution in [0.2, 0.25) is 0 Å². The number of aliphatic carboxylic acids is 2. The van der Waals surface area contributed by atoms with Crippen LogP contribution in [0.1, 0.15) is 56.7 Å². The number of benzene rings is 3. The molecule has 5 amide bonds. The van der Waals surface area contributed by atoms with Crippen molar-refractivity contribution in [3.8, 4) is 17.2 Å². The smallest absolute Gasteiger partial charge is 0.481 e. The Morgan fingerprint density at radius 3 is 1.12 bits per heavy atom. The van der Waals surface area contributed by atoms with E-state index in [-0.39, 0.29) is 41.2 Å². The Bertz CT molecular complexity index is 2440. The Labute approximate surface area is 393 Å². The van der Waals surface area contributed by atoms with Crippen LogP contribution in [0.4, 0.5) is 0 Å². The minimum Gasteiger partial charge on any atom is -0.481 e. The first kappa shape index (κ1) is 57.1. The van der Waals surface area contributed by atoms with E-state index >= 15 is 0 Å². The standard InChI is InChI=1S/C40H52N5O21P3/c1-4-22(2)35(39(52)42-30(40(53)54)17-18-34(47)48)45-38(51)33(21-26-9-15-29(16-10-26)66-69(61,62)63)44-37(50)32(20-25-7-13-28(14-8-25)65-68(58,59)60)43-36(49)31(41-23(3)46)19-24-5-11-27(12-6-24)64-67(55,56)57/h5-16,22,30-33,35H,4,17-21H2,1-3H3,(H,41,46)(H,42,52)(H,43,49)(H,44,50)(H,45,51)(H,47,48)(H,53,54)(H2,55,56,57)(H2,58,59,60)(H2,61,62,63)/t22-,30-,31-,32-,33-,35-/m0/s1. The second-order valence-corrected chi connectivity index (χ2v) is 18.9. The van der Waals surface area contributed by atoms with Gasteiger partial charge < -0.3 is 50.4 Å². The number of amides is 5. The van der Waals surface area contributed by atoms with E-state index in [1.165, 1.54) is 48.5 Å². The van der Waals surface area contributed by atoms with Gasteiger partial charge in [0.2, 0.25) is 29.5 Å². The number of phosphoric ester groups is 3. The Balaban J connectivity index is 2.07. The highest BCUT2D eigenvalue weighted by atomic mass is 31.2. The predicted octanol–water partition coefficient (Wildman–Crippen LogP) is 0.568. The summed E-state index contributed by atoms with van der Waals surface area (Å²) in [5, 5.41) is 31.0. The van der Waals surface area contributed by atoms with E-state index < -0.39 is 127 Å². The zero-order chi connectivity index (χ0) is 51.9. The number of nitrogens with one attached hydrogen (secondary N) is 5. The van der Waals surface area contributed by atoms with Crippen molar-refractivity contribution < 1.29 is 100 Å². The van der Waals surface area contributed by atoms with Gasteiger partial charge >= 0.3 is 35.4 Å². The number of carbonyl (C=O) groups is 7. The topological polar surface area (TPSA) is 420 Å². The maximum absolute atomic E-state index is 14.5. The molecular weight excluding hydrogens is 979 g/mol. The van der Waals surface area contributed by atoms with E-state index in [1.54, 1.807) is 13.8 Å². The zero-order valence-electron chi connectivity index (χ0n) is 36.9. The van der Waals surface area contributed by atoms with Crippen LogP contribution >= 0.6 is 23.5 Å². The Kier molecular flexibility index (Phi) is 21.0. The second-order valence-electron chi connectivity index (χ2n) is 15.4. The first-order chi connectivity index (χ1) is 32.0. The van der Waals surface area contributed by atoms with Gasteiger partial charge in [0.25, 0.3) is 0 Å². The molecule has 13 N–H and O–H groups in total. The number of hydrogen-bond donors (Lipinski definition) is 13. The number of phosphoric acid groups is 3. The molecule has 3 rings (SSSR count). The summed E-state index contributed by atoms with van der Waals surface area (Å²) in [5.41, 5.74) is 0.826. The number of rotatable bonds is 27. The monoisotopic (exact) mass is 1030 g/mol. The number of carboxylic acids is 2. The van der Waals surface area contributed by atoms with E-state index in [2.05, 4.69) is 40.2 Å². The highest BCUT2D eigenvalue weighted by Crippen LogP contribution is 2.39. The van der Waals surface area contributed by atoms with E-state index in [9.17, 15) is 71.9 Å². The van der Waals surface area contributed by atoms with Gasteiger partial charge in [-0.1, -0.05) is 56.7 Å². The maximum Gasteiger partial charge on any atom is 0.524 e. The van der Waals surface area contributed by atoms with Crippen LogP contribution < -0.4 is 40.2 Å². The third-order valence-electron chi connectivity index (χ3n) is 9.78. The average Bonchev–Trinajstić information content (AvgIpc) is 3.23. The van der Waals surface area contributed by atoms with Gasteiger partial charge in [0.15, 0.2) is 0 Å². The highest BCUT2D eigenvalue weighted by Gasteiger charge is 2.35. The molecule has 378 valence electrons. The quantitative estimate of drug-likeness (QED) is 0.0464. The number of hydrogen-bond acceptors (Lipinski definition) is 13. The fraction of sp³-hybridized carbons (Fsp3) is 0.375. The van der Waals surface area contributed by atoms with Crippen molar-refractivity contribution in [2.75, 3.05) is 0 Å². The molecule has 0 saturated carbocycles. The first-order valence-corrected chi connectivity index (χ1v) is 25.0. The molecular formula is C40H52N5O21P3. The molecule has 0 fully saturated rings. The SMILES string of the molecule is CC[C@H](C)[C@H](NC(=O)[C@H](Cc1ccc(OP(=O)(O)O)cc1)NC(=O)[C@H](Cc1ccc(OP(=O)(O)O)cc1)NC(=O)[C@H](Cc1ccc(OP(=O)(O)O)cc1)NC(C)=O)C(=O)N[C@@H](CCC(=O)O)C(=O)O. The summed E-state index contributed by atoms with van der Waals surface area (Å²) in [5.74, 6) is -9.13. The van der Waals surface area contributed by atoms with E-state index in [4.69, 9.17) is 14.9 Å². The summed E-state index contributed by atoms with van der Waals surface area (Å²) in [6, 6.07) is 6.96. The van der Waals surface area contributed by atoms with Crippen LogP contribution in [0.15, 0.2) is 72.8 Å². The third kappa shape index (κ3) is 21.3. The molecule has 0 aliphatic heterocycles. The van der Waals surface area contributed by atoms with Gasteiger partial charge in [0, 0.05) is 32.6 Å². The van der Waals surface area contributed by atoms with Gasteiger partial charge in [-0.15, -0.1) is 0 Å². The summed E-state index contributed by atoms with van der Waals surface area (Å²) < 4.78 is 47.9. The van der Waals surface area contributed by atoms with E-state index in [1.807, 2.05) is 0 Å². The minimum absolute atomic E-state index is 0.220. The lowest BCUT2D eigenvalue weighted by atomic mass is 9.96. The van der Waals surface area contributed by atoms with Crippen LogP contribution in [-0.4, -0.2) is 111 Å². The van der Waals surface area contributed by atoms with Crippen LogP contribution in [0.3, 0.4) is 0 Å². The molecule has 0 unspecified atom stereocenters. The fourth-order valence-electron chi connectivity index (χ4n) is 6.34. The lowest BCUT2D eigenvalue weighted by molar-refractivity contribution is -0.143. The summed E-state index contributed by atoms with van der Waals surface area (Å²) in [7, 11) is -14.9. The van der Waals surface area contributed by atoms with Gasteiger partial charge in [0.05, 0.1) is 0 Å². The highest BCUT2D eigenvalue weighted by molar-refractivity contribution is 7.47. The zero-order valence-corrected chi connectivity index (χ0v) is 39.5. The molecule has 6 atom stereocenters. The maximum atomic E-state index is 14.5. The largest absolute Gasteiger partial charge is 0.524 e. The summed E-state index contributed by atoms with van der Waals surface area (Å²) in [4.78, 5) is 147. The van der Waals surface area contributed by atoms with Crippen molar-refractivity contribution in [2.24, 2.45) is 5.92 Å². The lowest BCUT2D eigenvalue weighted by Gasteiger charge is -2.29. The molecule has 0 radical (unpaired) electrons. The predicted molar refractivity (Wildman–Crippen MR) is 238 cm³/mol. The van der Waals surface area contributed by atoms with Gasteiger partial charge in [-0.2, -0.15) is 0 Å². The van der Waals surface area contributed by atoms with Crippen molar-refractivity contribution >= 4 is 64.9 Å². The van der Waals surface area contributed by atoms with Crippen LogP contribution in [-0.2, 0) is 66.5 Å². The minimum atomic E-state index is -4.99. The molecule has 0 aliphatic rings. The van der Waals surface area contributed by atoms with Crippen LogP contribution in [0, 0.1) is 5.92 Å². The summed E-state index contributed by atoms with van der Waals surface area (Å²) in [6.07, 6.45) is -1.96. The number of carboxylic acid groups (broad SMARTS) is 2. The molecule has 29 heteroatoms. The molecule has 3 aromatic carbocycles. The molecule has 3 aromatic rings. The molecule has 0 aliphatic carbocycles. The van der Waals surface area contributed by atoms with Gasteiger partial charge in [-0.25, -0.2) is 18.5 Å². The molecule has 0 saturated heterocycles. The van der Waals surface area contributed by atoms with Gasteiger partial charge in [-0.3, -0.25) is 58.1 Å². The van der Waals surface area contributed by atoms with Crippen LogP contribution in [0.5, 0.6) is 17.2 Å². The van der Waals surface area contributed by atoms with Crippen molar-refractivity contribution in [2.45, 2.75) is 89.5 Å². The number of carbonyl (C=O) groups excluding carboxylic acids is 5. The summed E-state index contributed by atoms with van der Waals surface area (Å²) in [6.45, 7) is 4.29. The Hall–Kier alpha value is -6.20. The molecule has 0 heterocycles. The van der Waals surface area contributed by atoms with Crippen molar-refractivity contribution in [1.29, 1.82) is 0 Å². The van der Waals surface area contributed by atoms with Gasteiger partial charge in [-0.05, 0) is 65.4 Å². The van der Waals surface area contributed by atoms with E-state index in [0.717, 1.165) is 31.2 Å². The normalized spacial score (nSPS) is 14.3. The first-order valence-electron chi connectivity index (χ1n) is 20.5. The molecule has 26 nitrogen and oxygen atoms in total. The molecule has 69 heavy (non-hydrogen) atoms. The van der Waals surface area contributed by atoms with E-state index in [0.29, 0.717) is 5.56 Å². The average molecular weight is 1030 g/mol. The molecule has 0 spiro atoms. The fourth-order valence-corrected chi connectivity index (χ4v) is 7.53.